The minimum absolute atomic E-state index is 0.0947. The molecule has 0 aliphatic rings. The van der Waals surface area contributed by atoms with Gasteiger partial charge in [-0.15, -0.1) is 0 Å². The van der Waals surface area contributed by atoms with Crippen LogP contribution in [0.4, 0.5) is 34.1 Å². The van der Waals surface area contributed by atoms with Crippen molar-refractivity contribution >= 4 is 34.1 Å². The topological polar surface area (TPSA) is 6.48 Å². The summed E-state index contributed by atoms with van der Waals surface area (Å²) in [6.07, 6.45) is 3.44. The van der Waals surface area contributed by atoms with Gasteiger partial charge in [-0.05, 0) is 141 Å². The van der Waals surface area contributed by atoms with Crippen molar-refractivity contribution in [3.63, 3.8) is 0 Å². The van der Waals surface area contributed by atoms with Crippen molar-refractivity contribution in [1.82, 2.24) is 0 Å². The lowest BCUT2D eigenvalue weighted by Gasteiger charge is -2.29. The van der Waals surface area contributed by atoms with Gasteiger partial charge in [0.05, 0.1) is 0 Å². The van der Waals surface area contributed by atoms with Crippen molar-refractivity contribution in [2.24, 2.45) is 0 Å². The highest BCUT2D eigenvalue weighted by atomic mass is 15.1. The van der Waals surface area contributed by atoms with E-state index in [1.54, 1.807) is 0 Å². The van der Waals surface area contributed by atoms with Gasteiger partial charge in [-0.25, -0.2) is 0 Å². The van der Waals surface area contributed by atoms with Crippen LogP contribution < -0.4 is 9.80 Å². The molecule has 6 aromatic rings. The molecule has 0 N–H and O–H groups in total. The molecule has 6 aromatic carbocycles. The van der Waals surface area contributed by atoms with Gasteiger partial charge in [0.15, 0.2) is 0 Å². The van der Waals surface area contributed by atoms with E-state index in [4.69, 9.17) is 0 Å². The predicted molar refractivity (Wildman–Crippen MR) is 250 cm³/mol. The summed E-state index contributed by atoms with van der Waals surface area (Å²) >= 11 is 0. The molecule has 0 radical (unpaired) electrons. The molecule has 0 saturated carbocycles. The minimum atomic E-state index is 0.0947. The lowest BCUT2D eigenvalue weighted by Crippen LogP contribution is -2.17. The highest BCUT2D eigenvalue weighted by Gasteiger charge is 2.23. The molecular weight excluding hydrogens is 689 g/mol. The third-order valence-corrected chi connectivity index (χ3v) is 12.1. The Morgan fingerprint density at radius 2 is 0.561 bits per heavy atom. The van der Waals surface area contributed by atoms with Crippen LogP contribution in [-0.2, 0) is 21.7 Å². The van der Waals surface area contributed by atoms with E-state index in [1.807, 2.05) is 0 Å². The van der Waals surface area contributed by atoms with Gasteiger partial charge in [0.25, 0.3) is 0 Å². The van der Waals surface area contributed by atoms with E-state index in [0.717, 1.165) is 40.5 Å². The lowest BCUT2D eigenvalue weighted by atomic mass is 9.81. The second kappa shape index (κ2) is 16.4. The Labute approximate surface area is 345 Å². The van der Waals surface area contributed by atoms with Crippen LogP contribution in [0.25, 0.3) is 11.1 Å². The second-order valence-electron chi connectivity index (χ2n) is 19.3. The molecule has 0 unspecified atom stereocenters. The molecule has 0 heterocycles. The average molecular weight is 755 g/mol. The van der Waals surface area contributed by atoms with Gasteiger partial charge >= 0.3 is 0 Å². The Hall–Kier alpha value is -5.08. The molecule has 0 amide bonds. The number of nitrogens with zero attached hydrogens (tertiary/aromatic N) is 2. The summed E-state index contributed by atoms with van der Waals surface area (Å²) in [6, 6.07) is 54.6. The van der Waals surface area contributed by atoms with Crippen LogP contribution in [0.3, 0.4) is 0 Å². The predicted octanol–water partition coefficient (Wildman–Crippen LogP) is 16.7. The van der Waals surface area contributed by atoms with Gasteiger partial charge in [0.2, 0.25) is 0 Å². The van der Waals surface area contributed by atoms with Crippen LogP contribution in [0.5, 0.6) is 0 Å². The molecule has 0 saturated heterocycles. The zero-order valence-corrected chi connectivity index (χ0v) is 36.9. The fourth-order valence-electron chi connectivity index (χ4n) is 7.82. The first-order chi connectivity index (χ1) is 26.9. The zero-order valence-electron chi connectivity index (χ0n) is 36.9. The van der Waals surface area contributed by atoms with Gasteiger partial charge in [-0.3, -0.25) is 0 Å². The number of anilines is 6. The summed E-state index contributed by atoms with van der Waals surface area (Å²) < 4.78 is 0. The summed E-state index contributed by atoms with van der Waals surface area (Å²) in [6.45, 7) is 27.5. The van der Waals surface area contributed by atoms with Crippen molar-refractivity contribution < 1.29 is 0 Å². The molecule has 2 heteroatoms. The summed E-state index contributed by atoms with van der Waals surface area (Å²) in [7, 11) is 0. The second-order valence-corrected chi connectivity index (χ2v) is 19.3. The molecule has 0 bridgehead atoms. The Morgan fingerprint density at radius 1 is 0.316 bits per heavy atom. The van der Waals surface area contributed by atoms with Gasteiger partial charge < -0.3 is 9.80 Å². The summed E-state index contributed by atoms with van der Waals surface area (Å²) in [4.78, 5) is 4.76. The van der Waals surface area contributed by atoms with Gasteiger partial charge in [-0.1, -0.05) is 162 Å². The molecule has 0 atom stereocenters. The van der Waals surface area contributed by atoms with E-state index in [-0.39, 0.29) is 21.7 Å². The molecule has 2 nitrogen and oxygen atoms in total. The third kappa shape index (κ3) is 9.39. The fraction of sp³-hybridized carbons (Fsp3) is 0.345. The van der Waals surface area contributed by atoms with Crippen molar-refractivity contribution in [3.8, 4) is 11.1 Å². The number of hydrogen-bond donors (Lipinski definition) is 0. The van der Waals surface area contributed by atoms with E-state index in [0.29, 0.717) is 0 Å². The highest BCUT2D eigenvalue weighted by Crippen LogP contribution is 2.41. The minimum Gasteiger partial charge on any atom is -0.311 e. The van der Waals surface area contributed by atoms with E-state index in [1.165, 1.54) is 46.2 Å². The van der Waals surface area contributed by atoms with Gasteiger partial charge in [0, 0.05) is 34.1 Å². The van der Waals surface area contributed by atoms with Crippen LogP contribution in [0.15, 0.2) is 146 Å². The third-order valence-electron chi connectivity index (χ3n) is 12.1. The van der Waals surface area contributed by atoms with Gasteiger partial charge in [-0.2, -0.15) is 0 Å². The van der Waals surface area contributed by atoms with E-state index in [2.05, 4.69) is 238 Å². The smallest absolute Gasteiger partial charge is 0.0462 e. The maximum absolute atomic E-state index is 2.38. The van der Waals surface area contributed by atoms with Crippen LogP contribution in [0, 0.1) is 0 Å². The van der Waals surface area contributed by atoms with Crippen LogP contribution >= 0.6 is 0 Å². The molecule has 0 aromatic heterocycles. The largest absolute Gasteiger partial charge is 0.311 e. The first kappa shape index (κ1) is 41.6. The van der Waals surface area contributed by atoms with Crippen molar-refractivity contribution in [1.29, 1.82) is 0 Å². The van der Waals surface area contributed by atoms with Crippen LogP contribution in [0.2, 0.25) is 0 Å². The Morgan fingerprint density at radius 3 is 0.807 bits per heavy atom. The van der Waals surface area contributed by atoms with Crippen molar-refractivity contribution in [2.45, 2.75) is 124 Å². The molecule has 0 fully saturated rings. The van der Waals surface area contributed by atoms with E-state index >= 15 is 0 Å². The highest BCUT2D eigenvalue weighted by molar-refractivity contribution is 5.81. The zero-order chi connectivity index (χ0) is 41.2. The Balaban J connectivity index is 1.33. The SMILES string of the molecule is CCCC(C)(C)c1ccc(N(c2ccc(-c3ccc(N(c4ccc(C(C)(C)C)cc4)c4ccc(C(C)(C)CC)cc4)cc3)cc2)c2ccc(C(C)(C)C)cc2)cc1. The fourth-order valence-corrected chi connectivity index (χ4v) is 7.82. The first-order valence-corrected chi connectivity index (χ1v) is 21.1. The molecule has 296 valence electrons. The summed E-state index contributed by atoms with van der Waals surface area (Å²) in [5, 5.41) is 0. The maximum atomic E-state index is 2.38. The quantitative estimate of drug-likeness (QED) is 0.123. The van der Waals surface area contributed by atoms with Crippen LogP contribution in [-0.4, -0.2) is 0 Å². The summed E-state index contributed by atoms with van der Waals surface area (Å²) in [5.41, 5.74) is 15.2. The Kier molecular flexibility index (Phi) is 12.0. The molecule has 0 spiro atoms. The standard InChI is InChI=1S/C55H66N2/c1-13-39-55(11,12)45-25-37-51(38-26-45)57(49-33-21-43(22-34-49)53(6,7)8)47-29-17-41(18-30-47)40-15-27-46(28-16-40)56(48-31-19-42(20-32-48)52(3,4)5)50-35-23-44(24-36-50)54(9,10)14-2/h15-38H,13-14,39H2,1-12H3. The molecule has 57 heavy (non-hydrogen) atoms. The monoisotopic (exact) mass is 755 g/mol. The van der Waals surface area contributed by atoms with E-state index in [9.17, 15) is 0 Å². The Bertz CT molecular complexity index is 2190. The average Bonchev–Trinajstić information content (AvgIpc) is 3.19. The maximum Gasteiger partial charge on any atom is 0.0462 e. The van der Waals surface area contributed by atoms with Crippen molar-refractivity contribution in [3.05, 3.63) is 168 Å². The van der Waals surface area contributed by atoms with Gasteiger partial charge in [0.1, 0.15) is 0 Å². The number of hydrogen-bond acceptors (Lipinski definition) is 2. The van der Waals surface area contributed by atoms with Crippen LogP contribution in [0.1, 0.15) is 125 Å². The molecule has 6 rings (SSSR count). The molecule has 0 aliphatic carbocycles. The molecular formula is C55H66N2. The first-order valence-electron chi connectivity index (χ1n) is 21.1. The molecule has 0 aliphatic heterocycles. The van der Waals surface area contributed by atoms with E-state index < -0.39 is 0 Å². The summed E-state index contributed by atoms with van der Waals surface area (Å²) in [5.74, 6) is 0. The number of rotatable bonds is 12. The normalized spacial score (nSPS) is 12.4. The lowest BCUT2D eigenvalue weighted by molar-refractivity contribution is 0.473. The van der Waals surface area contributed by atoms with Crippen molar-refractivity contribution in [2.75, 3.05) is 9.80 Å². The number of benzene rings is 6.